The number of pyridine rings is 1. The fourth-order valence-electron chi connectivity index (χ4n) is 3.21. The minimum atomic E-state index is -3.53. The van der Waals surface area contributed by atoms with Crippen LogP contribution in [0, 0.1) is 6.92 Å². The van der Waals surface area contributed by atoms with Gasteiger partial charge in [0.1, 0.15) is 24.5 Å². The molecule has 0 aliphatic rings. The Morgan fingerprint density at radius 2 is 1.87 bits per heavy atom. The molecule has 8 heteroatoms. The van der Waals surface area contributed by atoms with Crippen molar-refractivity contribution in [2.24, 2.45) is 0 Å². The molecule has 0 radical (unpaired) electrons. The zero-order chi connectivity index (χ0) is 22.4. The van der Waals surface area contributed by atoms with Crippen molar-refractivity contribution in [2.45, 2.75) is 26.7 Å². The summed E-state index contributed by atoms with van der Waals surface area (Å²) in [6, 6.07) is 13.3. The first-order chi connectivity index (χ1) is 14.8. The molecule has 0 fully saturated rings. The number of nitrogens with one attached hydrogen (secondary N) is 1. The molecule has 0 saturated carbocycles. The van der Waals surface area contributed by atoms with Gasteiger partial charge in [-0.05, 0) is 31.0 Å². The molecule has 31 heavy (non-hydrogen) atoms. The first-order valence-electron chi connectivity index (χ1n) is 10.0. The average molecular weight is 443 g/mol. The van der Waals surface area contributed by atoms with Gasteiger partial charge in [-0.1, -0.05) is 37.3 Å². The molecule has 0 aliphatic carbocycles. The maximum atomic E-state index is 12.8. The third-order valence-electron chi connectivity index (χ3n) is 4.68. The maximum Gasteiger partial charge on any atom is 0.264 e. The van der Waals surface area contributed by atoms with Gasteiger partial charge in [-0.25, -0.2) is 0 Å². The number of rotatable bonds is 10. The molecule has 3 rings (SSSR count). The minimum absolute atomic E-state index is 0.0147. The van der Waals surface area contributed by atoms with Gasteiger partial charge in [0.2, 0.25) is 0 Å². The van der Waals surface area contributed by atoms with Crippen LogP contribution in [0.3, 0.4) is 0 Å². The normalized spacial score (nSPS) is 11.5. The summed E-state index contributed by atoms with van der Waals surface area (Å²) in [4.78, 5) is 17.3. The first-order valence-corrected chi connectivity index (χ1v) is 11.9. The quantitative estimate of drug-likeness (QED) is 0.278. The van der Waals surface area contributed by atoms with E-state index in [0.717, 1.165) is 29.3 Å². The number of nitrogens with zero attached hydrogens (tertiary/aromatic N) is 1. The van der Waals surface area contributed by atoms with Gasteiger partial charge in [0, 0.05) is 23.7 Å². The molecular formula is C23H26N2O5S. The molecule has 0 aliphatic heterocycles. The zero-order valence-corrected chi connectivity index (χ0v) is 18.7. The van der Waals surface area contributed by atoms with E-state index in [1.165, 1.54) is 0 Å². The van der Waals surface area contributed by atoms with E-state index in [1.54, 1.807) is 12.3 Å². The number of aromatic nitrogens is 1. The van der Waals surface area contributed by atoms with Gasteiger partial charge >= 0.3 is 0 Å². The molecule has 1 heterocycles. The third kappa shape index (κ3) is 5.80. The fourth-order valence-corrected chi connectivity index (χ4v) is 3.58. The standard InChI is InChI=1S/C23H26N2O5S/c1-4-8-20(26)18-15-24-23-17(22(18)25-19-11-6-5-9-16(19)2)10-7-12-21(23)29-13-14-30-31(3,27)28/h5-7,9-12,15H,4,8,13-14H2,1-3H3,(H,24,25). The van der Waals surface area contributed by atoms with Crippen molar-refractivity contribution in [3.63, 3.8) is 0 Å². The van der Waals surface area contributed by atoms with E-state index in [-0.39, 0.29) is 19.0 Å². The summed E-state index contributed by atoms with van der Waals surface area (Å²) in [5.74, 6) is 0.498. The molecule has 0 bridgehead atoms. The summed E-state index contributed by atoms with van der Waals surface area (Å²) in [7, 11) is -3.53. The zero-order valence-electron chi connectivity index (χ0n) is 17.8. The monoisotopic (exact) mass is 442 g/mol. The number of carbonyl (C=O) groups excluding carboxylic acids is 1. The number of anilines is 2. The van der Waals surface area contributed by atoms with E-state index >= 15 is 0 Å². The van der Waals surface area contributed by atoms with E-state index in [9.17, 15) is 13.2 Å². The number of aryl methyl sites for hydroxylation is 1. The molecule has 2 aromatic carbocycles. The number of Topliss-reactive ketones (excluding diaryl/α,β-unsaturated/α-hetero) is 1. The lowest BCUT2D eigenvalue weighted by Gasteiger charge is -2.17. The van der Waals surface area contributed by atoms with Crippen molar-refractivity contribution in [3.8, 4) is 5.75 Å². The second-order valence-corrected chi connectivity index (χ2v) is 8.83. The molecule has 1 aromatic heterocycles. The third-order valence-corrected chi connectivity index (χ3v) is 5.28. The Balaban J connectivity index is 2.01. The Morgan fingerprint density at radius 1 is 1.10 bits per heavy atom. The van der Waals surface area contributed by atoms with Crippen molar-refractivity contribution in [3.05, 3.63) is 59.8 Å². The summed E-state index contributed by atoms with van der Waals surface area (Å²) in [6.45, 7) is 3.91. The second kappa shape index (κ2) is 9.89. The van der Waals surface area contributed by atoms with Crippen molar-refractivity contribution in [1.82, 2.24) is 4.98 Å². The van der Waals surface area contributed by atoms with Crippen molar-refractivity contribution < 1.29 is 22.1 Å². The minimum Gasteiger partial charge on any atom is -0.489 e. The maximum absolute atomic E-state index is 12.8. The van der Waals surface area contributed by atoms with Gasteiger partial charge in [-0.15, -0.1) is 0 Å². The highest BCUT2D eigenvalue weighted by Crippen LogP contribution is 2.35. The Hall–Kier alpha value is -2.97. The van der Waals surface area contributed by atoms with Crippen molar-refractivity contribution >= 4 is 38.2 Å². The fraction of sp³-hybridized carbons (Fsp3) is 0.304. The number of ether oxygens (including phenoxy) is 1. The largest absolute Gasteiger partial charge is 0.489 e. The molecule has 0 saturated heterocycles. The Bertz CT molecular complexity index is 1190. The summed E-state index contributed by atoms with van der Waals surface area (Å²) in [6.07, 6.45) is 3.73. The molecule has 164 valence electrons. The molecule has 0 amide bonds. The van der Waals surface area contributed by atoms with Gasteiger partial charge in [0.15, 0.2) is 5.78 Å². The van der Waals surface area contributed by atoms with Crippen LogP contribution >= 0.6 is 0 Å². The summed E-state index contributed by atoms with van der Waals surface area (Å²) in [5, 5.41) is 4.16. The number of hydrogen-bond donors (Lipinski definition) is 1. The lowest BCUT2D eigenvalue weighted by Crippen LogP contribution is -2.11. The Morgan fingerprint density at radius 3 is 2.58 bits per heavy atom. The van der Waals surface area contributed by atoms with Crippen LogP contribution in [0.25, 0.3) is 10.9 Å². The number of benzene rings is 2. The van der Waals surface area contributed by atoms with E-state index < -0.39 is 10.1 Å². The molecule has 3 aromatic rings. The van der Waals surface area contributed by atoms with Crippen LogP contribution in [0.1, 0.15) is 35.7 Å². The summed E-state index contributed by atoms with van der Waals surface area (Å²) >= 11 is 0. The van der Waals surface area contributed by atoms with E-state index in [2.05, 4.69) is 10.3 Å². The highest BCUT2D eigenvalue weighted by Gasteiger charge is 2.18. The Kier molecular flexibility index (Phi) is 7.25. The van der Waals surface area contributed by atoms with Crippen LogP contribution in [0.2, 0.25) is 0 Å². The predicted octanol–water partition coefficient (Wildman–Crippen LogP) is 4.62. The predicted molar refractivity (Wildman–Crippen MR) is 122 cm³/mol. The van der Waals surface area contributed by atoms with E-state index in [4.69, 9.17) is 8.92 Å². The average Bonchev–Trinajstić information content (AvgIpc) is 2.72. The van der Waals surface area contributed by atoms with Crippen LogP contribution in [0.5, 0.6) is 5.75 Å². The molecule has 0 atom stereocenters. The first kappa shape index (κ1) is 22.7. The lowest BCUT2D eigenvalue weighted by atomic mass is 10.0. The molecule has 0 unspecified atom stereocenters. The lowest BCUT2D eigenvalue weighted by molar-refractivity contribution is 0.0982. The number of ketones is 1. The van der Waals surface area contributed by atoms with Crippen LogP contribution < -0.4 is 10.1 Å². The summed E-state index contributed by atoms with van der Waals surface area (Å²) in [5.41, 5.74) is 3.72. The van der Waals surface area contributed by atoms with Gasteiger partial charge in [0.05, 0.1) is 17.5 Å². The number of carbonyl (C=O) groups is 1. The SMILES string of the molecule is CCCC(=O)c1cnc2c(OCCOS(C)(=O)=O)cccc2c1Nc1ccccc1C. The van der Waals surface area contributed by atoms with Crippen LogP contribution in [0.15, 0.2) is 48.7 Å². The molecule has 0 spiro atoms. The highest BCUT2D eigenvalue weighted by molar-refractivity contribution is 7.85. The number of hydrogen-bond acceptors (Lipinski definition) is 7. The van der Waals surface area contributed by atoms with Crippen LogP contribution in [-0.2, 0) is 14.3 Å². The van der Waals surface area contributed by atoms with Gasteiger partial charge in [0.25, 0.3) is 10.1 Å². The topological polar surface area (TPSA) is 94.6 Å². The molecule has 7 nitrogen and oxygen atoms in total. The number of para-hydroxylation sites is 2. The van der Waals surface area contributed by atoms with Crippen molar-refractivity contribution in [1.29, 1.82) is 0 Å². The van der Waals surface area contributed by atoms with Gasteiger partial charge in [-0.2, -0.15) is 8.42 Å². The molecular weight excluding hydrogens is 416 g/mol. The summed E-state index contributed by atoms with van der Waals surface area (Å²) < 4.78 is 32.7. The van der Waals surface area contributed by atoms with Crippen molar-refractivity contribution in [2.75, 3.05) is 24.8 Å². The van der Waals surface area contributed by atoms with Gasteiger partial charge in [-0.3, -0.25) is 14.0 Å². The Labute approximate surface area is 182 Å². The second-order valence-electron chi connectivity index (χ2n) is 7.19. The smallest absolute Gasteiger partial charge is 0.264 e. The van der Waals surface area contributed by atoms with E-state index in [1.807, 2.05) is 50.2 Å². The van der Waals surface area contributed by atoms with Crippen LogP contribution in [-0.4, -0.2) is 38.7 Å². The molecule has 1 N–H and O–H groups in total. The van der Waals surface area contributed by atoms with E-state index in [0.29, 0.717) is 28.9 Å². The number of fused-ring (bicyclic) bond motifs is 1. The van der Waals surface area contributed by atoms with Crippen LogP contribution in [0.4, 0.5) is 11.4 Å². The van der Waals surface area contributed by atoms with Gasteiger partial charge < -0.3 is 10.1 Å². The highest BCUT2D eigenvalue weighted by atomic mass is 32.2.